The zero-order valence-corrected chi connectivity index (χ0v) is 9.78. The Kier molecular flexibility index (Phi) is 3.81. The van der Waals surface area contributed by atoms with Crippen LogP contribution in [0.4, 0.5) is 4.39 Å². The van der Waals surface area contributed by atoms with Crippen LogP contribution in [-0.4, -0.2) is 6.08 Å². The number of aliphatic imine (C=N–C) groups is 1. The van der Waals surface area contributed by atoms with Crippen LogP contribution in [0.15, 0.2) is 46.8 Å². The predicted octanol–water partition coefficient (Wildman–Crippen LogP) is 3.51. The first kappa shape index (κ1) is 11.7. The molecule has 0 fully saturated rings. The lowest BCUT2D eigenvalue weighted by atomic mass is 10.0. The number of carbonyl (C=O) groups excluding carboxylic acids is 1. The highest BCUT2D eigenvalue weighted by Crippen LogP contribution is 2.24. The van der Waals surface area contributed by atoms with Crippen LogP contribution in [0.25, 0.3) is 0 Å². The van der Waals surface area contributed by atoms with Gasteiger partial charge in [0.25, 0.3) is 0 Å². The van der Waals surface area contributed by atoms with E-state index in [-0.39, 0.29) is 11.9 Å². The van der Waals surface area contributed by atoms with Crippen molar-refractivity contribution in [1.82, 2.24) is 0 Å². The van der Waals surface area contributed by atoms with Gasteiger partial charge in [-0.25, -0.2) is 9.18 Å². The lowest BCUT2D eigenvalue weighted by Gasteiger charge is -2.09. The SMILES string of the molecule is O=C=NC(Cc1cccs1)c1ccc(F)cc1. The Hall–Kier alpha value is -1.77. The third-order valence-corrected chi connectivity index (χ3v) is 3.34. The summed E-state index contributed by atoms with van der Waals surface area (Å²) in [5.41, 5.74) is 0.822. The Morgan fingerprint density at radius 3 is 2.65 bits per heavy atom. The highest BCUT2D eigenvalue weighted by atomic mass is 32.1. The maximum Gasteiger partial charge on any atom is 0.235 e. The van der Waals surface area contributed by atoms with Gasteiger partial charge in [0, 0.05) is 11.3 Å². The van der Waals surface area contributed by atoms with E-state index in [0.717, 1.165) is 10.4 Å². The molecule has 0 aliphatic rings. The molecule has 1 atom stereocenters. The first-order chi connectivity index (χ1) is 8.29. The Bertz CT molecular complexity index is 515. The fourth-order valence-corrected chi connectivity index (χ4v) is 2.35. The second-order valence-corrected chi connectivity index (χ2v) is 4.60. The molecule has 0 aliphatic heterocycles. The summed E-state index contributed by atoms with van der Waals surface area (Å²) in [5.74, 6) is -0.293. The molecular weight excluding hydrogens is 237 g/mol. The molecule has 0 aliphatic carbocycles. The van der Waals surface area contributed by atoms with Crippen LogP contribution in [0.2, 0.25) is 0 Å². The Balaban J connectivity index is 2.22. The maximum atomic E-state index is 12.8. The third kappa shape index (κ3) is 3.09. The van der Waals surface area contributed by atoms with E-state index < -0.39 is 0 Å². The van der Waals surface area contributed by atoms with Crippen LogP contribution in [0.3, 0.4) is 0 Å². The fourth-order valence-electron chi connectivity index (χ4n) is 1.61. The van der Waals surface area contributed by atoms with E-state index in [2.05, 4.69) is 4.99 Å². The lowest BCUT2D eigenvalue weighted by Crippen LogP contribution is -1.99. The van der Waals surface area contributed by atoms with Gasteiger partial charge in [0.15, 0.2) is 0 Å². The minimum absolute atomic E-state index is 0.285. The normalized spacial score (nSPS) is 11.8. The number of hydrogen-bond acceptors (Lipinski definition) is 3. The van der Waals surface area contributed by atoms with Gasteiger partial charge in [-0.3, -0.25) is 0 Å². The van der Waals surface area contributed by atoms with Crippen molar-refractivity contribution in [3.63, 3.8) is 0 Å². The number of isocyanates is 1. The third-order valence-electron chi connectivity index (χ3n) is 2.44. The average molecular weight is 247 g/mol. The smallest absolute Gasteiger partial charge is 0.211 e. The first-order valence-electron chi connectivity index (χ1n) is 5.14. The molecule has 1 unspecified atom stereocenters. The maximum absolute atomic E-state index is 12.8. The fraction of sp³-hybridized carbons (Fsp3) is 0.154. The van der Waals surface area contributed by atoms with Crippen molar-refractivity contribution < 1.29 is 9.18 Å². The highest BCUT2D eigenvalue weighted by Gasteiger charge is 2.11. The number of rotatable bonds is 4. The van der Waals surface area contributed by atoms with Gasteiger partial charge < -0.3 is 0 Å². The molecule has 17 heavy (non-hydrogen) atoms. The van der Waals surface area contributed by atoms with Crippen LogP contribution < -0.4 is 0 Å². The molecule has 0 amide bonds. The zero-order chi connectivity index (χ0) is 12.1. The van der Waals surface area contributed by atoms with Crippen molar-refractivity contribution in [2.75, 3.05) is 0 Å². The molecule has 2 aromatic rings. The topological polar surface area (TPSA) is 29.4 Å². The zero-order valence-electron chi connectivity index (χ0n) is 8.97. The van der Waals surface area contributed by atoms with Gasteiger partial charge in [0.1, 0.15) is 5.82 Å². The minimum atomic E-state index is -0.293. The molecule has 86 valence electrons. The van der Waals surface area contributed by atoms with E-state index in [1.807, 2.05) is 17.5 Å². The molecule has 0 radical (unpaired) electrons. The Labute approximate surface area is 102 Å². The van der Waals surface area contributed by atoms with Crippen LogP contribution in [0.1, 0.15) is 16.5 Å². The monoisotopic (exact) mass is 247 g/mol. The summed E-state index contributed by atoms with van der Waals surface area (Å²) in [6.45, 7) is 0. The molecule has 0 spiro atoms. The van der Waals surface area contributed by atoms with Gasteiger partial charge in [-0.15, -0.1) is 11.3 Å². The number of halogens is 1. The van der Waals surface area contributed by atoms with Crippen molar-refractivity contribution in [2.45, 2.75) is 12.5 Å². The molecule has 4 heteroatoms. The van der Waals surface area contributed by atoms with Gasteiger partial charge in [-0.2, -0.15) is 4.99 Å². The quantitative estimate of drug-likeness (QED) is 0.600. The Morgan fingerprint density at radius 2 is 2.06 bits per heavy atom. The van der Waals surface area contributed by atoms with Crippen LogP contribution in [0, 0.1) is 5.82 Å². The molecule has 0 saturated heterocycles. The summed E-state index contributed by atoms with van der Waals surface area (Å²) in [6, 6.07) is 9.69. The van der Waals surface area contributed by atoms with Crippen molar-refractivity contribution in [1.29, 1.82) is 0 Å². The van der Waals surface area contributed by atoms with Crippen molar-refractivity contribution in [2.24, 2.45) is 4.99 Å². The van der Waals surface area contributed by atoms with E-state index in [1.165, 1.54) is 12.1 Å². The second kappa shape index (κ2) is 5.53. The summed E-state index contributed by atoms with van der Waals surface area (Å²) in [5, 5.41) is 1.97. The van der Waals surface area contributed by atoms with Gasteiger partial charge in [0.2, 0.25) is 6.08 Å². The standard InChI is InChI=1S/C13H10FNOS/c14-11-5-3-10(4-6-11)13(15-9-16)8-12-2-1-7-17-12/h1-7,13H,8H2. The molecule has 1 aromatic heterocycles. The molecule has 0 saturated carbocycles. The molecule has 1 aromatic carbocycles. The van der Waals surface area contributed by atoms with Crippen LogP contribution >= 0.6 is 11.3 Å². The van der Waals surface area contributed by atoms with Crippen molar-refractivity contribution in [3.8, 4) is 0 Å². The number of benzene rings is 1. The van der Waals surface area contributed by atoms with E-state index in [0.29, 0.717) is 6.42 Å². The number of nitrogens with zero attached hydrogens (tertiary/aromatic N) is 1. The van der Waals surface area contributed by atoms with Crippen molar-refractivity contribution >= 4 is 17.4 Å². The van der Waals surface area contributed by atoms with E-state index >= 15 is 0 Å². The molecular formula is C13H10FNOS. The molecule has 1 heterocycles. The van der Waals surface area contributed by atoms with Gasteiger partial charge in [-0.1, -0.05) is 18.2 Å². The number of hydrogen-bond donors (Lipinski definition) is 0. The molecule has 0 bridgehead atoms. The molecule has 0 N–H and O–H groups in total. The summed E-state index contributed by atoms with van der Waals surface area (Å²) in [7, 11) is 0. The minimum Gasteiger partial charge on any atom is -0.211 e. The van der Waals surface area contributed by atoms with E-state index in [4.69, 9.17) is 0 Å². The van der Waals surface area contributed by atoms with Gasteiger partial charge >= 0.3 is 0 Å². The molecule has 2 rings (SSSR count). The second-order valence-electron chi connectivity index (χ2n) is 3.57. The number of thiophene rings is 1. The van der Waals surface area contributed by atoms with Crippen molar-refractivity contribution in [3.05, 3.63) is 58.0 Å². The first-order valence-corrected chi connectivity index (χ1v) is 6.02. The molecule has 2 nitrogen and oxygen atoms in total. The summed E-state index contributed by atoms with van der Waals surface area (Å²) < 4.78 is 12.8. The van der Waals surface area contributed by atoms with E-state index in [9.17, 15) is 9.18 Å². The average Bonchev–Trinajstić information content (AvgIpc) is 2.82. The summed E-state index contributed by atoms with van der Waals surface area (Å²) >= 11 is 1.61. The van der Waals surface area contributed by atoms with E-state index in [1.54, 1.807) is 29.5 Å². The summed E-state index contributed by atoms with van der Waals surface area (Å²) in [6.07, 6.45) is 2.22. The largest absolute Gasteiger partial charge is 0.235 e. The predicted molar refractivity (Wildman–Crippen MR) is 65.3 cm³/mol. The van der Waals surface area contributed by atoms with Gasteiger partial charge in [0.05, 0.1) is 6.04 Å². The van der Waals surface area contributed by atoms with Gasteiger partial charge in [-0.05, 0) is 29.1 Å². The highest BCUT2D eigenvalue weighted by molar-refractivity contribution is 7.09. The van der Waals surface area contributed by atoms with Crippen LogP contribution in [-0.2, 0) is 11.2 Å². The summed E-state index contributed by atoms with van der Waals surface area (Å²) in [4.78, 5) is 15.3. The van der Waals surface area contributed by atoms with Crippen LogP contribution in [0.5, 0.6) is 0 Å². The Morgan fingerprint density at radius 1 is 1.29 bits per heavy atom. The lowest BCUT2D eigenvalue weighted by molar-refractivity contribution is 0.557.